The molecule has 3 nitrogen and oxygen atoms in total. The fourth-order valence-corrected chi connectivity index (χ4v) is 3.92. The quantitative estimate of drug-likeness (QED) is 0.786. The van der Waals surface area contributed by atoms with Crippen LogP contribution in [0.5, 0.6) is 0 Å². The van der Waals surface area contributed by atoms with Crippen LogP contribution in [-0.4, -0.2) is 47.8 Å². The van der Waals surface area contributed by atoms with E-state index in [1.807, 2.05) is 0 Å². The van der Waals surface area contributed by atoms with Gasteiger partial charge in [-0.1, -0.05) is 26.2 Å². The van der Waals surface area contributed by atoms with Crippen molar-refractivity contribution in [2.75, 3.05) is 26.2 Å². The van der Waals surface area contributed by atoms with Crippen molar-refractivity contribution in [3.8, 4) is 0 Å². The molecule has 2 aliphatic rings. The summed E-state index contributed by atoms with van der Waals surface area (Å²) < 4.78 is 0. The van der Waals surface area contributed by atoms with Crippen molar-refractivity contribution in [1.82, 2.24) is 10.2 Å². The standard InChI is InChI=1S/C17H34N2O/c1-3-11-19-12-7-8-16(13-19)15(2)18-14-17(20)9-5-4-6-10-17/h15-16,18,20H,3-14H2,1-2H3. The second kappa shape index (κ2) is 7.77. The zero-order chi connectivity index (χ0) is 14.4. The maximum absolute atomic E-state index is 10.6. The number of piperidine rings is 1. The lowest BCUT2D eigenvalue weighted by Crippen LogP contribution is -2.50. The molecule has 1 saturated carbocycles. The van der Waals surface area contributed by atoms with Crippen LogP contribution in [0.15, 0.2) is 0 Å². The fourth-order valence-electron chi connectivity index (χ4n) is 3.92. The van der Waals surface area contributed by atoms with Gasteiger partial charge < -0.3 is 15.3 Å². The summed E-state index contributed by atoms with van der Waals surface area (Å²) in [5, 5.41) is 14.2. The molecule has 0 aromatic heterocycles. The van der Waals surface area contributed by atoms with Gasteiger partial charge in [-0.25, -0.2) is 0 Å². The summed E-state index contributed by atoms with van der Waals surface area (Å²) >= 11 is 0. The van der Waals surface area contributed by atoms with Gasteiger partial charge in [0.15, 0.2) is 0 Å². The molecule has 1 aliphatic carbocycles. The van der Waals surface area contributed by atoms with Crippen LogP contribution in [-0.2, 0) is 0 Å². The zero-order valence-corrected chi connectivity index (χ0v) is 13.5. The molecule has 0 aromatic carbocycles. The first-order valence-corrected chi connectivity index (χ1v) is 8.81. The number of nitrogens with one attached hydrogen (secondary N) is 1. The van der Waals surface area contributed by atoms with Crippen LogP contribution in [0.3, 0.4) is 0 Å². The van der Waals surface area contributed by atoms with E-state index >= 15 is 0 Å². The van der Waals surface area contributed by atoms with E-state index in [1.165, 1.54) is 58.2 Å². The van der Waals surface area contributed by atoms with Crippen LogP contribution in [0.1, 0.15) is 65.2 Å². The van der Waals surface area contributed by atoms with Crippen molar-refractivity contribution in [2.45, 2.75) is 76.9 Å². The van der Waals surface area contributed by atoms with Crippen LogP contribution >= 0.6 is 0 Å². The molecule has 20 heavy (non-hydrogen) atoms. The van der Waals surface area contributed by atoms with Crippen molar-refractivity contribution in [1.29, 1.82) is 0 Å². The molecule has 1 heterocycles. The lowest BCUT2D eigenvalue weighted by molar-refractivity contribution is 0.000143. The van der Waals surface area contributed by atoms with Crippen LogP contribution in [0.2, 0.25) is 0 Å². The molecule has 1 saturated heterocycles. The molecular weight excluding hydrogens is 248 g/mol. The first kappa shape index (κ1) is 16.3. The lowest BCUT2D eigenvalue weighted by atomic mass is 9.84. The van der Waals surface area contributed by atoms with E-state index in [-0.39, 0.29) is 0 Å². The van der Waals surface area contributed by atoms with E-state index in [4.69, 9.17) is 0 Å². The summed E-state index contributed by atoms with van der Waals surface area (Å²) in [6.07, 6.45) is 9.59. The molecule has 2 atom stereocenters. The summed E-state index contributed by atoms with van der Waals surface area (Å²) in [5.74, 6) is 0.752. The molecule has 1 aliphatic heterocycles. The van der Waals surface area contributed by atoms with Crippen molar-refractivity contribution < 1.29 is 5.11 Å². The third-order valence-electron chi connectivity index (χ3n) is 5.33. The molecule has 2 fully saturated rings. The number of likely N-dealkylation sites (tertiary alicyclic amines) is 1. The SMILES string of the molecule is CCCN1CCCC(C(C)NCC2(O)CCCCC2)C1. The Morgan fingerprint density at radius 1 is 1.25 bits per heavy atom. The van der Waals surface area contributed by atoms with E-state index in [2.05, 4.69) is 24.1 Å². The first-order chi connectivity index (χ1) is 9.63. The van der Waals surface area contributed by atoms with Crippen molar-refractivity contribution in [3.63, 3.8) is 0 Å². The molecule has 0 bridgehead atoms. The first-order valence-electron chi connectivity index (χ1n) is 8.81. The Morgan fingerprint density at radius 3 is 2.70 bits per heavy atom. The average Bonchev–Trinajstić information content (AvgIpc) is 2.46. The molecule has 0 radical (unpaired) electrons. The highest BCUT2D eigenvalue weighted by Crippen LogP contribution is 2.28. The van der Waals surface area contributed by atoms with Gasteiger partial charge in [-0.15, -0.1) is 0 Å². The fraction of sp³-hybridized carbons (Fsp3) is 1.00. The maximum Gasteiger partial charge on any atom is 0.0771 e. The second-order valence-electron chi connectivity index (χ2n) is 7.16. The summed E-state index contributed by atoms with van der Waals surface area (Å²) in [5.41, 5.74) is -0.426. The van der Waals surface area contributed by atoms with Gasteiger partial charge in [0, 0.05) is 19.1 Å². The summed E-state index contributed by atoms with van der Waals surface area (Å²) in [4.78, 5) is 2.61. The van der Waals surface area contributed by atoms with E-state index in [0.29, 0.717) is 6.04 Å². The predicted octanol–water partition coefficient (Wildman–Crippen LogP) is 2.78. The Morgan fingerprint density at radius 2 is 2.00 bits per heavy atom. The second-order valence-corrected chi connectivity index (χ2v) is 7.16. The minimum absolute atomic E-state index is 0.426. The number of rotatable bonds is 6. The molecule has 2 unspecified atom stereocenters. The highest BCUT2D eigenvalue weighted by Gasteiger charge is 2.31. The van der Waals surface area contributed by atoms with Gasteiger partial charge >= 0.3 is 0 Å². The molecule has 2 rings (SSSR count). The zero-order valence-electron chi connectivity index (χ0n) is 13.5. The van der Waals surface area contributed by atoms with Gasteiger partial charge in [0.05, 0.1) is 5.60 Å². The van der Waals surface area contributed by atoms with E-state index in [9.17, 15) is 5.11 Å². The third kappa shape index (κ3) is 4.71. The van der Waals surface area contributed by atoms with Crippen LogP contribution in [0.4, 0.5) is 0 Å². The number of nitrogens with zero attached hydrogens (tertiary/aromatic N) is 1. The highest BCUT2D eigenvalue weighted by molar-refractivity contribution is 4.87. The topological polar surface area (TPSA) is 35.5 Å². The third-order valence-corrected chi connectivity index (χ3v) is 5.33. The Labute approximate surface area is 125 Å². The van der Waals surface area contributed by atoms with Gasteiger partial charge in [-0.05, 0) is 58.0 Å². The van der Waals surface area contributed by atoms with Crippen LogP contribution in [0, 0.1) is 5.92 Å². The monoisotopic (exact) mass is 282 g/mol. The minimum Gasteiger partial charge on any atom is -0.389 e. The van der Waals surface area contributed by atoms with Gasteiger partial charge in [-0.2, -0.15) is 0 Å². The van der Waals surface area contributed by atoms with Crippen molar-refractivity contribution >= 4 is 0 Å². The predicted molar refractivity (Wildman–Crippen MR) is 85.0 cm³/mol. The number of hydrogen-bond donors (Lipinski definition) is 2. The van der Waals surface area contributed by atoms with E-state index < -0.39 is 5.60 Å². The van der Waals surface area contributed by atoms with E-state index in [0.717, 1.165) is 25.3 Å². The summed E-state index contributed by atoms with van der Waals surface area (Å²) in [6.45, 7) is 9.13. The van der Waals surface area contributed by atoms with Gasteiger partial charge in [0.25, 0.3) is 0 Å². The summed E-state index contributed by atoms with van der Waals surface area (Å²) in [6, 6.07) is 0.528. The Balaban J connectivity index is 1.74. The Bertz CT molecular complexity index is 274. The molecule has 3 heteroatoms. The molecule has 118 valence electrons. The highest BCUT2D eigenvalue weighted by atomic mass is 16.3. The summed E-state index contributed by atoms with van der Waals surface area (Å²) in [7, 11) is 0. The van der Waals surface area contributed by atoms with Crippen LogP contribution < -0.4 is 5.32 Å². The molecule has 0 aromatic rings. The van der Waals surface area contributed by atoms with Gasteiger partial charge in [0.1, 0.15) is 0 Å². The Hall–Kier alpha value is -0.120. The van der Waals surface area contributed by atoms with Crippen molar-refractivity contribution in [3.05, 3.63) is 0 Å². The maximum atomic E-state index is 10.6. The molecule has 0 spiro atoms. The van der Waals surface area contributed by atoms with Crippen LogP contribution in [0.25, 0.3) is 0 Å². The molecule has 0 amide bonds. The number of hydrogen-bond acceptors (Lipinski definition) is 3. The lowest BCUT2D eigenvalue weighted by Gasteiger charge is -2.38. The van der Waals surface area contributed by atoms with Gasteiger partial charge in [-0.3, -0.25) is 0 Å². The largest absolute Gasteiger partial charge is 0.389 e. The van der Waals surface area contributed by atoms with Crippen molar-refractivity contribution in [2.24, 2.45) is 5.92 Å². The minimum atomic E-state index is -0.426. The normalized spacial score (nSPS) is 29.2. The average molecular weight is 282 g/mol. The molecular formula is C17H34N2O. The Kier molecular flexibility index (Phi) is 6.31. The smallest absolute Gasteiger partial charge is 0.0771 e. The van der Waals surface area contributed by atoms with Gasteiger partial charge in [0.2, 0.25) is 0 Å². The number of aliphatic hydroxyl groups is 1. The molecule has 2 N–H and O–H groups in total. The van der Waals surface area contributed by atoms with E-state index in [1.54, 1.807) is 0 Å².